The second-order valence-electron chi connectivity index (χ2n) is 6.76. The van der Waals surface area contributed by atoms with Gasteiger partial charge in [-0.3, -0.25) is 0 Å². The van der Waals surface area contributed by atoms with Crippen LogP contribution in [0.1, 0.15) is 97.3 Å². The molecule has 0 aromatic rings. The zero-order valence-electron chi connectivity index (χ0n) is 15.1. The molecule has 2 nitrogen and oxygen atoms in total. The first-order valence-corrected chi connectivity index (χ1v) is 9.68. The average molecular weight is 313 g/mol. The number of rotatable bonds is 16. The lowest BCUT2D eigenvalue weighted by molar-refractivity contribution is 0.111. The molecule has 0 radical (unpaired) electrons. The van der Waals surface area contributed by atoms with Crippen molar-refractivity contribution >= 4 is 0 Å². The van der Waals surface area contributed by atoms with Crippen molar-refractivity contribution in [1.29, 1.82) is 0 Å². The summed E-state index contributed by atoms with van der Waals surface area (Å²) in [5.41, 5.74) is 0. The van der Waals surface area contributed by atoms with Crippen molar-refractivity contribution in [3.63, 3.8) is 0 Å². The highest BCUT2D eigenvalue weighted by atomic mass is 16.3. The van der Waals surface area contributed by atoms with Crippen LogP contribution in [0, 0.1) is 5.92 Å². The van der Waals surface area contributed by atoms with Gasteiger partial charge in [0.15, 0.2) is 0 Å². The molecule has 0 aliphatic rings. The van der Waals surface area contributed by atoms with Gasteiger partial charge in [0.1, 0.15) is 0 Å². The van der Waals surface area contributed by atoms with E-state index in [0.29, 0.717) is 0 Å². The van der Waals surface area contributed by atoms with Gasteiger partial charge in [0, 0.05) is 12.5 Å². The van der Waals surface area contributed by atoms with Gasteiger partial charge in [-0.25, -0.2) is 0 Å². The second kappa shape index (κ2) is 17.0. The van der Waals surface area contributed by atoms with Gasteiger partial charge in [0.05, 0.1) is 6.10 Å². The monoisotopic (exact) mass is 312 g/mol. The molecule has 0 aliphatic carbocycles. The van der Waals surface area contributed by atoms with Crippen molar-refractivity contribution in [3.05, 3.63) is 12.2 Å². The molecule has 0 saturated carbocycles. The van der Waals surface area contributed by atoms with Gasteiger partial charge in [0.2, 0.25) is 0 Å². The Morgan fingerprint density at radius 3 is 1.68 bits per heavy atom. The van der Waals surface area contributed by atoms with Gasteiger partial charge in [-0.05, 0) is 12.8 Å². The summed E-state index contributed by atoms with van der Waals surface area (Å²) in [7, 11) is 0. The molecule has 0 saturated heterocycles. The molecule has 2 atom stereocenters. The van der Waals surface area contributed by atoms with Gasteiger partial charge in [-0.15, -0.1) is 0 Å². The van der Waals surface area contributed by atoms with E-state index in [0.717, 1.165) is 6.42 Å². The van der Waals surface area contributed by atoms with E-state index in [1.54, 1.807) is 0 Å². The van der Waals surface area contributed by atoms with Crippen LogP contribution in [0.2, 0.25) is 0 Å². The quantitative estimate of drug-likeness (QED) is 0.287. The fourth-order valence-corrected chi connectivity index (χ4v) is 2.64. The molecule has 0 aliphatic heterocycles. The molecule has 2 heteroatoms. The number of unbranched alkanes of at least 4 members (excludes halogenated alkanes) is 12. The lowest BCUT2D eigenvalue weighted by atomic mass is 10.0. The summed E-state index contributed by atoms with van der Waals surface area (Å²) < 4.78 is 0. The topological polar surface area (TPSA) is 40.5 Å². The van der Waals surface area contributed by atoms with Crippen LogP contribution in [-0.4, -0.2) is 22.9 Å². The van der Waals surface area contributed by atoms with Gasteiger partial charge in [0.25, 0.3) is 0 Å². The van der Waals surface area contributed by atoms with Crippen LogP contribution in [0.25, 0.3) is 0 Å². The molecule has 0 aromatic heterocycles. The van der Waals surface area contributed by atoms with Crippen molar-refractivity contribution in [2.45, 2.75) is 103 Å². The predicted octanol–water partition coefficient (Wildman–Crippen LogP) is 5.62. The predicted molar refractivity (Wildman–Crippen MR) is 97.1 cm³/mol. The van der Waals surface area contributed by atoms with Crippen LogP contribution in [-0.2, 0) is 0 Å². The van der Waals surface area contributed by atoms with Crippen molar-refractivity contribution in [2.75, 3.05) is 6.61 Å². The number of allylic oxidation sites excluding steroid dienone is 1. The Morgan fingerprint density at radius 1 is 0.773 bits per heavy atom. The van der Waals surface area contributed by atoms with E-state index in [1.165, 1.54) is 77.0 Å². The molecule has 0 aromatic carbocycles. The van der Waals surface area contributed by atoms with E-state index < -0.39 is 6.10 Å². The summed E-state index contributed by atoms with van der Waals surface area (Å²) in [6.07, 6.45) is 21.0. The zero-order chi connectivity index (χ0) is 16.5. The Kier molecular flexibility index (Phi) is 16.8. The first-order chi connectivity index (χ1) is 10.7. The van der Waals surface area contributed by atoms with Crippen LogP contribution in [0.4, 0.5) is 0 Å². The molecular formula is C20H40O2. The molecule has 2 N–H and O–H groups in total. The summed E-state index contributed by atoms with van der Waals surface area (Å²) in [6, 6.07) is 0. The molecule has 22 heavy (non-hydrogen) atoms. The first kappa shape index (κ1) is 21.7. The second-order valence-corrected chi connectivity index (χ2v) is 6.76. The number of hydrogen-bond donors (Lipinski definition) is 2. The molecule has 132 valence electrons. The van der Waals surface area contributed by atoms with Crippen LogP contribution < -0.4 is 0 Å². The minimum Gasteiger partial charge on any atom is -0.396 e. The molecule has 0 amide bonds. The maximum atomic E-state index is 9.66. The smallest absolute Gasteiger partial charge is 0.0768 e. The molecular weight excluding hydrogens is 272 g/mol. The summed E-state index contributed by atoms with van der Waals surface area (Å²) in [4.78, 5) is 0. The third-order valence-corrected chi connectivity index (χ3v) is 4.43. The SMILES string of the molecule is CCCCCCCCCCCCCC/C=C/[C@@H](O)[C@@H](C)CO. The van der Waals surface area contributed by atoms with Gasteiger partial charge in [-0.2, -0.15) is 0 Å². The minimum absolute atomic E-state index is 0.0457. The van der Waals surface area contributed by atoms with E-state index in [-0.39, 0.29) is 12.5 Å². The molecule has 0 unspecified atom stereocenters. The lowest BCUT2D eigenvalue weighted by Gasteiger charge is -2.11. The summed E-state index contributed by atoms with van der Waals surface area (Å²) in [5, 5.41) is 18.6. The molecule has 0 spiro atoms. The third-order valence-electron chi connectivity index (χ3n) is 4.43. The number of hydrogen-bond acceptors (Lipinski definition) is 2. The third kappa shape index (κ3) is 14.6. The van der Waals surface area contributed by atoms with Gasteiger partial charge >= 0.3 is 0 Å². The maximum absolute atomic E-state index is 9.66. The van der Waals surface area contributed by atoms with Crippen molar-refractivity contribution in [3.8, 4) is 0 Å². The van der Waals surface area contributed by atoms with Crippen LogP contribution >= 0.6 is 0 Å². The molecule has 0 bridgehead atoms. The van der Waals surface area contributed by atoms with Crippen molar-refractivity contribution in [1.82, 2.24) is 0 Å². The van der Waals surface area contributed by atoms with Crippen molar-refractivity contribution in [2.24, 2.45) is 5.92 Å². The summed E-state index contributed by atoms with van der Waals surface area (Å²) in [5.74, 6) is -0.0572. The van der Waals surface area contributed by atoms with E-state index in [9.17, 15) is 5.11 Å². The Morgan fingerprint density at radius 2 is 1.23 bits per heavy atom. The largest absolute Gasteiger partial charge is 0.396 e. The van der Waals surface area contributed by atoms with Gasteiger partial charge < -0.3 is 10.2 Å². The lowest BCUT2D eigenvalue weighted by Crippen LogP contribution is -2.17. The molecule has 0 heterocycles. The highest BCUT2D eigenvalue weighted by molar-refractivity contribution is 4.90. The number of aliphatic hydroxyl groups excluding tert-OH is 2. The Labute approximate surface area is 139 Å². The van der Waals surface area contributed by atoms with Gasteiger partial charge in [-0.1, -0.05) is 96.6 Å². The maximum Gasteiger partial charge on any atom is 0.0768 e. The fraction of sp³-hybridized carbons (Fsp3) is 0.900. The standard InChI is InChI=1S/C20H40O2/c1-3-4-5-6-7-8-9-10-11-12-13-14-15-16-17-20(22)19(2)18-21/h16-17,19-22H,3-15,18H2,1-2H3/b17-16+/t19-,20+/m0/s1. The first-order valence-electron chi connectivity index (χ1n) is 9.68. The van der Waals surface area contributed by atoms with E-state index in [2.05, 4.69) is 13.0 Å². The van der Waals surface area contributed by atoms with E-state index in [4.69, 9.17) is 5.11 Å². The van der Waals surface area contributed by atoms with Crippen LogP contribution in [0.3, 0.4) is 0 Å². The highest BCUT2D eigenvalue weighted by Gasteiger charge is 2.08. The van der Waals surface area contributed by atoms with Crippen LogP contribution in [0.5, 0.6) is 0 Å². The highest BCUT2D eigenvalue weighted by Crippen LogP contribution is 2.12. The normalized spacial score (nSPS) is 14.5. The minimum atomic E-state index is -0.498. The summed E-state index contributed by atoms with van der Waals surface area (Å²) in [6.45, 7) is 4.18. The van der Waals surface area contributed by atoms with Crippen LogP contribution in [0.15, 0.2) is 12.2 Å². The van der Waals surface area contributed by atoms with Crippen molar-refractivity contribution < 1.29 is 10.2 Å². The zero-order valence-corrected chi connectivity index (χ0v) is 15.1. The Hall–Kier alpha value is -0.340. The summed E-state index contributed by atoms with van der Waals surface area (Å²) >= 11 is 0. The number of aliphatic hydroxyl groups is 2. The molecule has 0 fully saturated rings. The fourth-order valence-electron chi connectivity index (χ4n) is 2.64. The van der Waals surface area contributed by atoms with E-state index >= 15 is 0 Å². The van der Waals surface area contributed by atoms with E-state index in [1.807, 2.05) is 13.0 Å². The Bertz CT molecular complexity index is 238. The Balaban J connectivity index is 3.19. The average Bonchev–Trinajstić information content (AvgIpc) is 2.54. The molecule has 0 rings (SSSR count).